The van der Waals surface area contributed by atoms with Gasteiger partial charge in [-0.3, -0.25) is 4.79 Å². The molecular formula is C12H17Cl2IN2O2. The van der Waals surface area contributed by atoms with Crippen LogP contribution in [-0.2, 0) is 0 Å². The molecule has 1 aromatic carbocycles. The van der Waals surface area contributed by atoms with Gasteiger partial charge in [-0.25, -0.2) is 0 Å². The molecule has 0 fully saturated rings. The molecule has 108 valence electrons. The quantitative estimate of drug-likeness (QED) is 0.747. The van der Waals surface area contributed by atoms with E-state index in [1.807, 2.05) is 7.05 Å². The maximum Gasteiger partial charge on any atom is 0.257 e. The number of carbonyl (C=O) groups is 1. The van der Waals surface area contributed by atoms with Gasteiger partial charge >= 0.3 is 0 Å². The van der Waals surface area contributed by atoms with E-state index >= 15 is 0 Å². The number of amides is 1. The molecule has 0 aliphatic heterocycles. The van der Waals surface area contributed by atoms with Crippen molar-refractivity contribution in [2.45, 2.75) is 0 Å². The molecule has 0 aliphatic rings. The van der Waals surface area contributed by atoms with Gasteiger partial charge in [-0.2, -0.15) is 0 Å². The molecular weight excluding hydrogens is 402 g/mol. The van der Waals surface area contributed by atoms with Crippen molar-refractivity contribution in [3.8, 4) is 5.75 Å². The van der Waals surface area contributed by atoms with Crippen molar-refractivity contribution in [3.63, 3.8) is 0 Å². The van der Waals surface area contributed by atoms with Crippen molar-refractivity contribution in [3.05, 3.63) is 26.3 Å². The Kier molecular flexibility index (Phi) is 8.73. The van der Waals surface area contributed by atoms with E-state index in [9.17, 15) is 4.79 Å². The molecule has 0 aromatic heterocycles. The predicted molar refractivity (Wildman–Crippen MR) is 88.9 cm³/mol. The van der Waals surface area contributed by atoms with Gasteiger partial charge in [-0.1, -0.05) is 11.6 Å². The summed E-state index contributed by atoms with van der Waals surface area (Å²) in [5, 5.41) is 3.56. The molecule has 1 aromatic rings. The smallest absolute Gasteiger partial charge is 0.257 e. The van der Waals surface area contributed by atoms with E-state index in [0.29, 0.717) is 22.9 Å². The first kappa shape index (κ1) is 18.8. The van der Waals surface area contributed by atoms with Crippen LogP contribution in [0.1, 0.15) is 10.4 Å². The fourth-order valence-corrected chi connectivity index (χ4v) is 2.05. The van der Waals surface area contributed by atoms with Crippen LogP contribution in [0.25, 0.3) is 0 Å². The predicted octanol–water partition coefficient (Wildman–Crippen LogP) is 2.67. The highest BCUT2D eigenvalue weighted by Gasteiger charge is 2.18. The van der Waals surface area contributed by atoms with Crippen LogP contribution in [0.15, 0.2) is 12.1 Å². The van der Waals surface area contributed by atoms with Crippen LogP contribution in [0.4, 0.5) is 0 Å². The average Bonchev–Trinajstić information content (AvgIpc) is 2.37. The van der Waals surface area contributed by atoms with Crippen LogP contribution < -0.4 is 10.1 Å². The van der Waals surface area contributed by atoms with Crippen LogP contribution in [-0.4, -0.2) is 45.1 Å². The lowest BCUT2D eigenvalue weighted by atomic mass is 10.1. The minimum absolute atomic E-state index is 0. The minimum atomic E-state index is -0.0969. The molecule has 0 saturated carbocycles. The Labute approximate surface area is 138 Å². The highest BCUT2D eigenvalue weighted by Crippen LogP contribution is 2.28. The summed E-state index contributed by atoms with van der Waals surface area (Å²) in [6, 6.07) is 3.42. The zero-order valence-corrected chi connectivity index (χ0v) is 14.7. The van der Waals surface area contributed by atoms with Crippen LogP contribution in [0.2, 0.25) is 5.02 Å². The number of hydrogen-bond donors (Lipinski definition) is 1. The first-order valence-electron chi connectivity index (χ1n) is 5.44. The summed E-state index contributed by atoms with van der Waals surface area (Å²) >= 11 is 8.16. The summed E-state index contributed by atoms with van der Waals surface area (Å²) in [7, 11) is 5.15. The Morgan fingerprint density at radius 1 is 1.53 bits per heavy atom. The van der Waals surface area contributed by atoms with E-state index in [0.717, 1.165) is 10.1 Å². The number of benzene rings is 1. The molecule has 0 saturated heterocycles. The van der Waals surface area contributed by atoms with E-state index in [1.54, 1.807) is 31.2 Å². The molecule has 7 heteroatoms. The van der Waals surface area contributed by atoms with Gasteiger partial charge in [0.05, 0.1) is 17.7 Å². The second kappa shape index (κ2) is 8.84. The Balaban J connectivity index is 0.00000324. The van der Waals surface area contributed by atoms with E-state index < -0.39 is 0 Å². The molecule has 0 radical (unpaired) electrons. The van der Waals surface area contributed by atoms with Crippen molar-refractivity contribution >= 4 is 52.5 Å². The Bertz CT molecular complexity index is 444. The van der Waals surface area contributed by atoms with Crippen LogP contribution >= 0.6 is 46.6 Å². The number of ether oxygens (including phenoxy) is 1. The molecule has 0 aliphatic carbocycles. The minimum Gasteiger partial charge on any atom is -0.496 e. The molecule has 1 N–H and O–H groups in total. The zero-order chi connectivity index (χ0) is 13.7. The van der Waals surface area contributed by atoms with Gasteiger partial charge in [-0.15, -0.1) is 12.4 Å². The number of rotatable bonds is 5. The molecule has 0 atom stereocenters. The first-order valence-corrected chi connectivity index (χ1v) is 6.90. The molecule has 0 heterocycles. The standard InChI is InChI=1S/C12H16ClIN2O2.ClH/c1-15-4-5-16(2)12(17)8-6-9(13)10(14)7-11(8)18-3;/h6-7,15H,4-5H2,1-3H3;1H. The normalized spacial score (nSPS) is 9.74. The lowest BCUT2D eigenvalue weighted by Crippen LogP contribution is -2.33. The topological polar surface area (TPSA) is 41.6 Å². The largest absolute Gasteiger partial charge is 0.496 e. The van der Waals surface area contributed by atoms with Crippen molar-refractivity contribution in [1.82, 2.24) is 10.2 Å². The number of halogens is 3. The third kappa shape index (κ3) is 4.98. The fourth-order valence-electron chi connectivity index (χ4n) is 1.45. The van der Waals surface area contributed by atoms with E-state index in [4.69, 9.17) is 16.3 Å². The average molecular weight is 419 g/mol. The summed E-state index contributed by atoms with van der Waals surface area (Å²) in [6.45, 7) is 1.37. The Morgan fingerprint density at radius 3 is 2.68 bits per heavy atom. The van der Waals surface area contributed by atoms with Crippen LogP contribution in [0.5, 0.6) is 5.75 Å². The van der Waals surface area contributed by atoms with E-state index in [-0.39, 0.29) is 18.3 Å². The SMILES string of the molecule is CNCCN(C)C(=O)c1cc(Cl)c(I)cc1OC.Cl. The van der Waals surface area contributed by atoms with Gasteiger partial charge in [0.1, 0.15) is 5.75 Å². The van der Waals surface area contributed by atoms with Gasteiger partial charge < -0.3 is 15.0 Å². The molecule has 1 rings (SSSR count). The van der Waals surface area contributed by atoms with E-state index in [1.165, 1.54) is 0 Å². The first-order chi connectivity index (χ1) is 8.51. The summed E-state index contributed by atoms with van der Waals surface area (Å²) in [6.07, 6.45) is 0. The highest BCUT2D eigenvalue weighted by molar-refractivity contribution is 14.1. The maximum absolute atomic E-state index is 12.3. The maximum atomic E-state index is 12.3. The Hall–Kier alpha value is -0.240. The number of carbonyl (C=O) groups excluding carboxylic acids is 1. The number of methoxy groups -OCH3 is 1. The third-order valence-corrected chi connectivity index (χ3v) is 4.04. The second-order valence-electron chi connectivity index (χ2n) is 3.80. The second-order valence-corrected chi connectivity index (χ2v) is 5.37. The van der Waals surface area contributed by atoms with Crippen molar-refractivity contribution in [1.29, 1.82) is 0 Å². The highest BCUT2D eigenvalue weighted by atomic mass is 127. The van der Waals surface area contributed by atoms with E-state index in [2.05, 4.69) is 27.9 Å². The lowest BCUT2D eigenvalue weighted by Gasteiger charge is -2.19. The van der Waals surface area contributed by atoms with Gasteiger partial charge in [-0.05, 0) is 41.8 Å². The molecule has 0 unspecified atom stereocenters. The van der Waals surface area contributed by atoms with Crippen LogP contribution in [0.3, 0.4) is 0 Å². The number of nitrogens with one attached hydrogen (secondary N) is 1. The molecule has 0 spiro atoms. The Morgan fingerprint density at radius 2 is 2.16 bits per heavy atom. The summed E-state index contributed by atoms with van der Waals surface area (Å²) in [4.78, 5) is 13.9. The summed E-state index contributed by atoms with van der Waals surface area (Å²) in [5.74, 6) is 0.450. The molecule has 4 nitrogen and oxygen atoms in total. The van der Waals surface area contributed by atoms with Crippen LogP contribution in [0, 0.1) is 3.57 Å². The molecule has 1 amide bonds. The molecule has 0 bridgehead atoms. The van der Waals surface area contributed by atoms with Crippen molar-refractivity contribution in [2.75, 3.05) is 34.3 Å². The summed E-state index contributed by atoms with van der Waals surface area (Å²) in [5.41, 5.74) is 0.488. The monoisotopic (exact) mass is 418 g/mol. The van der Waals surface area contributed by atoms with Gasteiger partial charge in [0.25, 0.3) is 5.91 Å². The van der Waals surface area contributed by atoms with Crippen molar-refractivity contribution < 1.29 is 9.53 Å². The lowest BCUT2D eigenvalue weighted by molar-refractivity contribution is 0.0793. The van der Waals surface area contributed by atoms with Gasteiger partial charge in [0, 0.05) is 23.7 Å². The zero-order valence-electron chi connectivity index (χ0n) is 11.0. The number of likely N-dealkylation sites (N-methyl/N-ethyl adjacent to an activating group) is 2. The molecule has 19 heavy (non-hydrogen) atoms. The van der Waals surface area contributed by atoms with Gasteiger partial charge in [0.15, 0.2) is 0 Å². The fraction of sp³-hybridized carbons (Fsp3) is 0.417. The van der Waals surface area contributed by atoms with Gasteiger partial charge in [0.2, 0.25) is 0 Å². The van der Waals surface area contributed by atoms with Crippen molar-refractivity contribution in [2.24, 2.45) is 0 Å². The number of nitrogens with zero attached hydrogens (tertiary/aromatic N) is 1. The summed E-state index contributed by atoms with van der Waals surface area (Å²) < 4.78 is 6.09. The third-order valence-electron chi connectivity index (χ3n) is 2.52. The number of hydrogen-bond acceptors (Lipinski definition) is 3.